The van der Waals surface area contributed by atoms with Gasteiger partial charge in [0.2, 0.25) is 0 Å². The van der Waals surface area contributed by atoms with Crippen LogP contribution >= 0.6 is 0 Å². The first-order chi connectivity index (χ1) is 8.03. The van der Waals surface area contributed by atoms with Crippen molar-refractivity contribution in [3.8, 4) is 0 Å². The summed E-state index contributed by atoms with van der Waals surface area (Å²) in [5, 5.41) is 3.85. The molecule has 0 bridgehead atoms. The van der Waals surface area contributed by atoms with E-state index in [1.54, 1.807) is 0 Å². The summed E-state index contributed by atoms with van der Waals surface area (Å²) in [7, 11) is 0. The van der Waals surface area contributed by atoms with Crippen LogP contribution in [0.2, 0.25) is 0 Å². The minimum Gasteiger partial charge on any atom is -0.308 e. The van der Waals surface area contributed by atoms with Gasteiger partial charge in [0, 0.05) is 30.7 Å². The maximum atomic E-state index is 3.85. The van der Waals surface area contributed by atoms with Crippen LogP contribution in [0.25, 0.3) is 0 Å². The third-order valence-corrected chi connectivity index (χ3v) is 5.21. The molecular formula is C15H30N2. The molecule has 0 spiro atoms. The average Bonchev–Trinajstić information content (AvgIpc) is 3.05. The van der Waals surface area contributed by atoms with Crippen LogP contribution in [0.1, 0.15) is 53.9 Å². The van der Waals surface area contributed by atoms with Crippen molar-refractivity contribution in [2.75, 3.05) is 13.1 Å². The third-order valence-electron chi connectivity index (χ3n) is 5.21. The first-order valence-corrected chi connectivity index (χ1v) is 7.53. The van der Waals surface area contributed by atoms with Gasteiger partial charge >= 0.3 is 0 Å². The van der Waals surface area contributed by atoms with Crippen LogP contribution in [0, 0.1) is 11.8 Å². The second-order valence-electron chi connectivity index (χ2n) is 6.63. The molecule has 0 radical (unpaired) electrons. The molecule has 17 heavy (non-hydrogen) atoms. The highest BCUT2D eigenvalue weighted by Crippen LogP contribution is 2.40. The predicted octanol–water partition coefficient (Wildman–Crippen LogP) is 2.88. The Morgan fingerprint density at radius 3 is 2.29 bits per heavy atom. The van der Waals surface area contributed by atoms with E-state index in [1.807, 2.05) is 0 Å². The minimum atomic E-state index is 0.383. The Balaban J connectivity index is 2.10. The quantitative estimate of drug-likeness (QED) is 0.810. The predicted molar refractivity (Wildman–Crippen MR) is 74.2 cm³/mol. The molecule has 0 aromatic heterocycles. The van der Waals surface area contributed by atoms with Gasteiger partial charge in [-0.15, -0.1) is 0 Å². The van der Waals surface area contributed by atoms with Crippen molar-refractivity contribution in [2.45, 2.75) is 71.5 Å². The van der Waals surface area contributed by atoms with Crippen molar-refractivity contribution < 1.29 is 0 Å². The normalized spacial score (nSPS) is 37.4. The molecule has 1 N–H and O–H groups in total. The molecule has 1 heterocycles. The molecule has 0 aromatic carbocycles. The zero-order chi connectivity index (χ0) is 12.6. The van der Waals surface area contributed by atoms with Crippen LogP contribution in [-0.4, -0.2) is 35.6 Å². The lowest BCUT2D eigenvalue weighted by atomic mass is 9.86. The second kappa shape index (κ2) is 4.89. The Morgan fingerprint density at radius 2 is 1.88 bits per heavy atom. The highest BCUT2D eigenvalue weighted by atomic mass is 15.3. The molecule has 2 fully saturated rings. The summed E-state index contributed by atoms with van der Waals surface area (Å²) in [4.78, 5) is 2.83. The van der Waals surface area contributed by atoms with Gasteiger partial charge in [-0.1, -0.05) is 34.6 Å². The number of nitrogens with zero attached hydrogens (tertiary/aromatic N) is 1. The minimum absolute atomic E-state index is 0.383. The summed E-state index contributed by atoms with van der Waals surface area (Å²) in [6.07, 6.45) is 3.94. The summed E-state index contributed by atoms with van der Waals surface area (Å²) in [5.41, 5.74) is 0.383. The van der Waals surface area contributed by atoms with E-state index in [-0.39, 0.29) is 0 Å². The number of hydrogen-bond acceptors (Lipinski definition) is 2. The van der Waals surface area contributed by atoms with Gasteiger partial charge in [0.15, 0.2) is 0 Å². The van der Waals surface area contributed by atoms with Crippen LogP contribution in [0.15, 0.2) is 0 Å². The van der Waals surface area contributed by atoms with Crippen molar-refractivity contribution >= 4 is 0 Å². The lowest BCUT2D eigenvalue weighted by Gasteiger charge is -2.49. The molecule has 2 nitrogen and oxygen atoms in total. The summed E-state index contributed by atoms with van der Waals surface area (Å²) in [5.74, 6) is 1.70. The van der Waals surface area contributed by atoms with Crippen LogP contribution in [0.5, 0.6) is 0 Å². The fourth-order valence-corrected chi connectivity index (χ4v) is 3.43. The van der Waals surface area contributed by atoms with Crippen LogP contribution < -0.4 is 5.32 Å². The Hall–Kier alpha value is -0.0800. The Kier molecular flexibility index (Phi) is 3.84. The lowest BCUT2D eigenvalue weighted by Crippen LogP contribution is -2.65. The maximum Gasteiger partial charge on any atom is 0.0304 e. The van der Waals surface area contributed by atoms with E-state index >= 15 is 0 Å². The number of hydrogen-bond donors (Lipinski definition) is 1. The number of rotatable bonds is 4. The zero-order valence-electron chi connectivity index (χ0n) is 12.3. The van der Waals surface area contributed by atoms with E-state index < -0.39 is 0 Å². The molecule has 2 aliphatic rings. The second-order valence-corrected chi connectivity index (χ2v) is 6.63. The van der Waals surface area contributed by atoms with E-state index in [0.717, 1.165) is 23.9 Å². The Bertz CT molecular complexity index is 258. The molecule has 2 rings (SSSR count). The molecule has 2 heteroatoms. The summed E-state index contributed by atoms with van der Waals surface area (Å²) in [6.45, 7) is 14.3. The van der Waals surface area contributed by atoms with E-state index in [0.29, 0.717) is 5.54 Å². The number of piperazine rings is 1. The zero-order valence-corrected chi connectivity index (χ0v) is 12.3. The van der Waals surface area contributed by atoms with E-state index in [2.05, 4.69) is 44.8 Å². The van der Waals surface area contributed by atoms with Gasteiger partial charge in [-0.25, -0.2) is 0 Å². The summed E-state index contributed by atoms with van der Waals surface area (Å²) < 4.78 is 0. The van der Waals surface area contributed by atoms with Gasteiger partial charge < -0.3 is 5.32 Å². The van der Waals surface area contributed by atoms with Crippen molar-refractivity contribution in [1.29, 1.82) is 0 Å². The van der Waals surface area contributed by atoms with Crippen molar-refractivity contribution in [3.63, 3.8) is 0 Å². The van der Waals surface area contributed by atoms with Gasteiger partial charge in [-0.2, -0.15) is 0 Å². The lowest BCUT2D eigenvalue weighted by molar-refractivity contribution is 0.0406. The van der Waals surface area contributed by atoms with Crippen LogP contribution in [-0.2, 0) is 0 Å². The summed E-state index contributed by atoms with van der Waals surface area (Å²) >= 11 is 0. The first-order valence-electron chi connectivity index (χ1n) is 7.53. The number of nitrogens with one attached hydrogen (secondary N) is 1. The summed E-state index contributed by atoms with van der Waals surface area (Å²) in [6, 6.07) is 1.62. The molecule has 1 saturated heterocycles. The molecular weight excluding hydrogens is 208 g/mol. The molecule has 100 valence electrons. The molecule has 1 saturated carbocycles. The van der Waals surface area contributed by atoms with E-state index in [1.165, 1.54) is 32.4 Å². The molecule has 3 unspecified atom stereocenters. The average molecular weight is 238 g/mol. The van der Waals surface area contributed by atoms with E-state index in [9.17, 15) is 0 Å². The smallest absolute Gasteiger partial charge is 0.0304 e. The standard InChI is InChI=1S/C15H30N2/c1-6-15(7-2)10-17(13-8-12(13)5)14(9-16-15)11(3)4/h11-14,16H,6-10H2,1-5H3. The Labute approximate surface area is 107 Å². The van der Waals surface area contributed by atoms with Crippen LogP contribution in [0.4, 0.5) is 0 Å². The highest BCUT2D eigenvalue weighted by molar-refractivity contribution is 5.04. The Morgan fingerprint density at radius 1 is 1.29 bits per heavy atom. The van der Waals surface area contributed by atoms with Gasteiger partial charge in [0.1, 0.15) is 0 Å². The first kappa shape index (κ1) is 13.4. The van der Waals surface area contributed by atoms with Crippen molar-refractivity contribution in [1.82, 2.24) is 10.2 Å². The molecule has 1 aliphatic heterocycles. The molecule has 3 atom stereocenters. The molecule has 0 amide bonds. The largest absolute Gasteiger partial charge is 0.308 e. The fraction of sp³-hybridized carbons (Fsp3) is 1.00. The topological polar surface area (TPSA) is 15.3 Å². The molecule has 0 aromatic rings. The van der Waals surface area contributed by atoms with Crippen molar-refractivity contribution in [2.24, 2.45) is 11.8 Å². The highest BCUT2D eigenvalue weighted by Gasteiger charge is 2.47. The SMILES string of the molecule is CCC1(CC)CN(C2CC2C)C(C(C)C)CN1. The third kappa shape index (κ3) is 2.53. The fourth-order valence-electron chi connectivity index (χ4n) is 3.43. The van der Waals surface area contributed by atoms with Crippen LogP contribution in [0.3, 0.4) is 0 Å². The monoisotopic (exact) mass is 238 g/mol. The van der Waals surface area contributed by atoms with Gasteiger partial charge in [-0.05, 0) is 31.1 Å². The van der Waals surface area contributed by atoms with Gasteiger partial charge in [0.25, 0.3) is 0 Å². The van der Waals surface area contributed by atoms with Gasteiger partial charge in [0.05, 0.1) is 0 Å². The van der Waals surface area contributed by atoms with Gasteiger partial charge in [-0.3, -0.25) is 4.90 Å². The molecule has 1 aliphatic carbocycles. The van der Waals surface area contributed by atoms with E-state index in [4.69, 9.17) is 0 Å². The van der Waals surface area contributed by atoms with Crippen molar-refractivity contribution in [3.05, 3.63) is 0 Å². The maximum absolute atomic E-state index is 3.85.